The van der Waals surface area contributed by atoms with E-state index >= 15 is 0 Å². The van der Waals surface area contributed by atoms with E-state index in [-0.39, 0.29) is 6.42 Å². The summed E-state index contributed by atoms with van der Waals surface area (Å²) in [4.78, 5) is 21.3. The zero-order valence-electron chi connectivity index (χ0n) is 11.1. The molecule has 4 heteroatoms. The van der Waals surface area contributed by atoms with Gasteiger partial charge < -0.3 is 10.2 Å². The number of allylic oxidation sites excluding steroid dienone is 2. The van der Waals surface area contributed by atoms with Gasteiger partial charge in [0.1, 0.15) is 0 Å². The van der Waals surface area contributed by atoms with Crippen LogP contribution < -0.4 is 0 Å². The zero-order valence-corrected chi connectivity index (χ0v) is 11.1. The van der Waals surface area contributed by atoms with E-state index in [0.29, 0.717) is 6.42 Å². The fourth-order valence-corrected chi connectivity index (χ4v) is 1.87. The average molecular weight is 256 g/mol. The SMILES string of the molecule is C/C=C/CCCCCCCC(CC(=O)O)C(=O)O. The molecule has 0 aliphatic carbocycles. The van der Waals surface area contributed by atoms with Gasteiger partial charge in [0.15, 0.2) is 0 Å². The van der Waals surface area contributed by atoms with Gasteiger partial charge in [-0.3, -0.25) is 9.59 Å². The van der Waals surface area contributed by atoms with Gasteiger partial charge in [0.05, 0.1) is 12.3 Å². The number of rotatable bonds is 11. The van der Waals surface area contributed by atoms with Crippen LogP contribution in [0.3, 0.4) is 0 Å². The monoisotopic (exact) mass is 256 g/mol. The minimum absolute atomic E-state index is 0.267. The van der Waals surface area contributed by atoms with Crippen LogP contribution in [0.2, 0.25) is 0 Å². The Morgan fingerprint density at radius 2 is 1.67 bits per heavy atom. The summed E-state index contributed by atoms with van der Waals surface area (Å²) in [7, 11) is 0. The Labute approximate surface area is 109 Å². The van der Waals surface area contributed by atoms with E-state index in [9.17, 15) is 9.59 Å². The summed E-state index contributed by atoms with van der Waals surface area (Å²) < 4.78 is 0. The van der Waals surface area contributed by atoms with Gasteiger partial charge in [-0.2, -0.15) is 0 Å². The van der Waals surface area contributed by atoms with Gasteiger partial charge in [-0.05, 0) is 26.2 Å². The van der Waals surface area contributed by atoms with Crippen molar-refractivity contribution in [2.24, 2.45) is 5.92 Å². The van der Waals surface area contributed by atoms with Gasteiger partial charge in [-0.1, -0.05) is 37.8 Å². The zero-order chi connectivity index (χ0) is 13.8. The first-order valence-electron chi connectivity index (χ1n) is 6.63. The third-order valence-electron chi connectivity index (χ3n) is 2.93. The molecule has 0 aliphatic rings. The molecule has 1 unspecified atom stereocenters. The molecule has 0 amide bonds. The molecule has 0 bridgehead atoms. The first-order chi connectivity index (χ1) is 8.57. The summed E-state index contributed by atoms with van der Waals surface area (Å²) in [5, 5.41) is 17.4. The predicted octanol–water partition coefficient (Wildman–Crippen LogP) is 3.47. The number of unbranched alkanes of at least 4 members (excludes halogenated alkanes) is 5. The number of carbonyl (C=O) groups is 2. The fourth-order valence-electron chi connectivity index (χ4n) is 1.87. The van der Waals surface area contributed by atoms with Crippen molar-refractivity contribution in [1.29, 1.82) is 0 Å². The molecule has 0 aromatic heterocycles. The Kier molecular flexibility index (Phi) is 10.0. The molecular formula is C14H24O4. The molecule has 0 heterocycles. The van der Waals surface area contributed by atoms with Gasteiger partial charge in [0.25, 0.3) is 0 Å². The van der Waals surface area contributed by atoms with Gasteiger partial charge in [-0.25, -0.2) is 0 Å². The molecule has 0 aromatic rings. The van der Waals surface area contributed by atoms with Crippen molar-refractivity contribution in [2.75, 3.05) is 0 Å². The summed E-state index contributed by atoms with van der Waals surface area (Å²) in [5.74, 6) is -2.76. The second-order valence-electron chi connectivity index (χ2n) is 4.55. The highest BCUT2D eigenvalue weighted by molar-refractivity contribution is 5.77. The normalized spacial score (nSPS) is 12.7. The third-order valence-corrected chi connectivity index (χ3v) is 2.93. The lowest BCUT2D eigenvalue weighted by Gasteiger charge is -2.09. The minimum atomic E-state index is -1.03. The predicted molar refractivity (Wildman–Crippen MR) is 70.5 cm³/mol. The first kappa shape index (κ1) is 16.7. The maximum atomic E-state index is 10.8. The van der Waals surface area contributed by atoms with Crippen LogP contribution in [0, 0.1) is 5.92 Å². The van der Waals surface area contributed by atoms with E-state index in [1.807, 2.05) is 13.0 Å². The standard InChI is InChI=1S/C14H24O4/c1-2-3-4-5-6-7-8-9-10-12(14(17)18)11-13(15)16/h2-3,12H,4-11H2,1H3,(H,15,16)(H,17,18)/b3-2+. The molecule has 0 aromatic carbocycles. The highest BCUT2D eigenvalue weighted by Crippen LogP contribution is 2.15. The summed E-state index contributed by atoms with van der Waals surface area (Å²) >= 11 is 0. The molecule has 4 nitrogen and oxygen atoms in total. The second kappa shape index (κ2) is 10.8. The Morgan fingerprint density at radius 3 is 2.22 bits per heavy atom. The van der Waals surface area contributed by atoms with E-state index in [1.165, 1.54) is 6.42 Å². The second-order valence-corrected chi connectivity index (χ2v) is 4.55. The minimum Gasteiger partial charge on any atom is -0.481 e. The summed E-state index contributed by atoms with van der Waals surface area (Å²) in [6.07, 6.45) is 10.7. The van der Waals surface area contributed by atoms with Crippen molar-refractivity contribution in [3.8, 4) is 0 Å². The maximum Gasteiger partial charge on any atom is 0.307 e. The van der Waals surface area contributed by atoms with Crippen molar-refractivity contribution in [2.45, 2.75) is 58.3 Å². The molecule has 0 aliphatic heterocycles. The largest absolute Gasteiger partial charge is 0.481 e. The van der Waals surface area contributed by atoms with Crippen LogP contribution in [0.15, 0.2) is 12.2 Å². The van der Waals surface area contributed by atoms with Crippen LogP contribution in [0.1, 0.15) is 58.3 Å². The highest BCUT2D eigenvalue weighted by atomic mass is 16.4. The number of aliphatic carboxylic acids is 2. The molecule has 0 spiro atoms. The van der Waals surface area contributed by atoms with Gasteiger partial charge in [0, 0.05) is 0 Å². The molecule has 0 radical (unpaired) electrons. The number of hydrogen-bond acceptors (Lipinski definition) is 2. The van der Waals surface area contributed by atoms with E-state index in [4.69, 9.17) is 10.2 Å². The number of carboxylic acids is 2. The topological polar surface area (TPSA) is 74.6 Å². The van der Waals surface area contributed by atoms with E-state index in [0.717, 1.165) is 32.1 Å². The lowest BCUT2D eigenvalue weighted by molar-refractivity contribution is -0.148. The Bertz CT molecular complexity index is 271. The molecule has 0 saturated heterocycles. The Hall–Kier alpha value is -1.32. The van der Waals surface area contributed by atoms with Gasteiger partial charge in [0.2, 0.25) is 0 Å². The maximum absolute atomic E-state index is 10.8. The first-order valence-corrected chi connectivity index (χ1v) is 6.63. The molecule has 2 N–H and O–H groups in total. The third kappa shape index (κ3) is 9.87. The Balaban J connectivity index is 3.55. The van der Waals surface area contributed by atoms with Gasteiger partial charge >= 0.3 is 11.9 Å². The molecule has 0 fully saturated rings. The molecule has 0 saturated carbocycles. The average Bonchev–Trinajstić information content (AvgIpc) is 2.30. The quantitative estimate of drug-likeness (QED) is 0.438. The number of hydrogen-bond donors (Lipinski definition) is 2. The van der Waals surface area contributed by atoms with Crippen molar-refractivity contribution in [3.05, 3.63) is 12.2 Å². The smallest absolute Gasteiger partial charge is 0.307 e. The van der Waals surface area contributed by atoms with Crippen LogP contribution in [-0.2, 0) is 9.59 Å². The molecule has 18 heavy (non-hydrogen) atoms. The highest BCUT2D eigenvalue weighted by Gasteiger charge is 2.19. The summed E-state index contributed by atoms with van der Waals surface area (Å²) in [6, 6.07) is 0. The van der Waals surface area contributed by atoms with Crippen LogP contribution in [0.25, 0.3) is 0 Å². The summed E-state index contributed by atoms with van der Waals surface area (Å²) in [5.41, 5.74) is 0. The van der Waals surface area contributed by atoms with E-state index < -0.39 is 17.9 Å². The number of carboxylic acid groups (broad SMARTS) is 2. The lowest BCUT2D eigenvalue weighted by Crippen LogP contribution is -2.17. The molecule has 104 valence electrons. The van der Waals surface area contributed by atoms with Crippen LogP contribution in [0.4, 0.5) is 0 Å². The molecule has 0 rings (SSSR count). The fraction of sp³-hybridized carbons (Fsp3) is 0.714. The van der Waals surface area contributed by atoms with Crippen molar-refractivity contribution >= 4 is 11.9 Å². The van der Waals surface area contributed by atoms with Crippen LogP contribution in [-0.4, -0.2) is 22.2 Å². The van der Waals surface area contributed by atoms with E-state index in [2.05, 4.69) is 6.08 Å². The van der Waals surface area contributed by atoms with E-state index in [1.54, 1.807) is 0 Å². The molecule has 1 atom stereocenters. The van der Waals surface area contributed by atoms with Crippen LogP contribution >= 0.6 is 0 Å². The molecular weight excluding hydrogens is 232 g/mol. The van der Waals surface area contributed by atoms with Crippen LogP contribution in [0.5, 0.6) is 0 Å². The Morgan fingerprint density at radius 1 is 1.06 bits per heavy atom. The van der Waals surface area contributed by atoms with Crippen molar-refractivity contribution < 1.29 is 19.8 Å². The van der Waals surface area contributed by atoms with Crippen molar-refractivity contribution in [1.82, 2.24) is 0 Å². The lowest BCUT2D eigenvalue weighted by atomic mass is 9.97. The van der Waals surface area contributed by atoms with Crippen molar-refractivity contribution in [3.63, 3.8) is 0 Å². The van der Waals surface area contributed by atoms with Gasteiger partial charge in [-0.15, -0.1) is 0 Å². The summed E-state index contributed by atoms with van der Waals surface area (Å²) in [6.45, 7) is 2.01.